The number of carbonyl (C=O) groups is 2. The standard InChI is InChI=1S/C23H23N3O3S/c1-4-13-26(23-24-20(16-30-23)17-9-6-5-7-10-17)21(27)15-29-22(28)18-11-8-12-19(14-18)25(2)3/h4-12,14,16H,1,13,15H2,2-3H3. The molecule has 1 heterocycles. The third kappa shape index (κ3) is 5.12. The Morgan fingerprint density at radius 1 is 1.13 bits per heavy atom. The molecule has 0 unspecified atom stereocenters. The van der Waals surface area contributed by atoms with Crippen LogP contribution in [0.2, 0.25) is 0 Å². The summed E-state index contributed by atoms with van der Waals surface area (Å²) in [4.78, 5) is 33.1. The molecule has 6 nitrogen and oxygen atoms in total. The molecule has 0 saturated carbocycles. The summed E-state index contributed by atoms with van der Waals surface area (Å²) in [5.74, 6) is -0.907. The van der Waals surface area contributed by atoms with E-state index in [0.29, 0.717) is 10.7 Å². The van der Waals surface area contributed by atoms with Crippen molar-refractivity contribution in [2.24, 2.45) is 0 Å². The average molecular weight is 422 g/mol. The van der Waals surface area contributed by atoms with Crippen LogP contribution in [0.25, 0.3) is 11.3 Å². The molecule has 0 bridgehead atoms. The van der Waals surface area contributed by atoms with Gasteiger partial charge in [-0.15, -0.1) is 17.9 Å². The van der Waals surface area contributed by atoms with E-state index < -0.39 is 5.97 Å². The number of amides is 1. The Morgan fingerprint density at radius 3 is 2.60 bits per heavy atom. The van der Waals surface area contributed by atoms with Crippen molar-refractivity contribution in [3.63, 3.8) is 0 Å². The largest absolute Gasteiger partial charge is 0.452 e. The van der Waals surface area contributed by atoms with E-state index >= 15 is 0 Å². The van der Waals surface area contributed by atoms with Gasteiger partial charge in [0.15, 0.2) is 11.7 Å². The highest BCUT2D eigenvalue weighted by atomic mass is 32.1. The van der Waals surface area contributed by atoms with Gasteiger partial charge in [-0.1, -0.05) is 42.5 Å². The van der Waals surface area contributed by atoms with Crippen LogP contribution < -0.4 is 9.80 Å². The molecule has 30 heavy (non-hydrogen) atoms. The van der Waals surface area contributed by atoms with Crippen molar-refractivity contribution in [1.82, 2.24) is 4.98 Å². The normalized spacial score (nSPS) is 10.3. The summed E-state index contributed by atoms with van der Waals surface area (Å²) in [6.07, 6.45) is 1.61. The Kier molecular flexibility index (Phi) is 6.98. The van der Waals surface area contributed by atoms with Crippen LogP contribution in [-0.2, 0) is 9.53 Å². The van der Waals surface area contributed by atoms with Crippen LogP contribution in [0, 0.1) is 0 Å². The topological polar surface area (TPSA) is 62.7 Å². The Bertz CT molecular complexity index is 1030. The predicted molar refractivity (Wildman–Crippen MR) is 121 cm³/mol. The first kappa shape index (κ1) is 21.3. The van der Waals surface area contributed by atoms with Crippen molar-refractivity contribution in [1.29, 1.82) is 0 Å². The number of benzene rings is 2. The summed E-state index contributed by atoms with van der Waals surface area (Å²) in [7, 11) is 3.78. The number of hydrogen-bond acceptors (Lipinski definition) is 6. The van der Waals surface area contributed by atoms with Crippen LogP contribution in [0.3, 0.4) is 0 Å². The minimum atomic E-state index is -0.547. The lowest BCUT2D eigenvalue weighted by molar-refractivity contribution is -0.121. The Labute approximate surface area is 180 Å². The van der Waals surface area contributed by atoms with E-state index in [1.165, 1.54) is 16.2 Å². The van der Waals surface area contributed by atoms with E-state index in [0.717, 1.165) is 16.9 Å². The van der Waals surface area contributed by atoms with Gasteiger partial charge in [0.25, 0.3) is 5.91 Å². The second-order valence-corrected chi connectivity index (χ2v) is 7.53. The van der Waals surface area contributed by atoms with Crippen LogP contribution in [-0.4, -0.2) is 44.1 Å². The first-order valence-electron chi connectivity index (χ1n) is 9.36. The number of thiazole rings is 1. The zero-order valence-corrected chi connectivity index (χ0v) is 17.8. The van der Waals surface area contributed by atoms with E-state index in [-0.39, 0.29) is 19.1 Å². The molecular weight excluding hydrogens is 398 g/mol. The molecule has 0 aliphatic carbocycles. The van der Waals surface area contributed by atoms with Crippen molar-refractivity contribution in [2.45, 2.75) is 0 Å². The molecule has 0 radical (unpaired) electrons. The number of carbonyl (C=O) groups excluding carboxylic acids is 2. The van der Waals surface area contributed by atoms with Gasteiger partial charge in [0.05, 0.1) is 11.3 Å². The maximum Gasteiger partial charge on any atom is 0.338 e. The summed E-state index contributed by atoms with van der Waals surface area (Å²) < 4.78 is 5.26. The lowest BCUT2D eigenvalue weighted by Gasteiger charge is -2.18. The lowest BCUT2D eigenvalue weighted by atomic mass is 10.2. The smallest absolute Gasteiger partial charge is 0.338 e. The molecular formula is C23H23N3O3S. The van der Waals surface area contributed by atoms with Gasteiger partial charge in [-0.3, -0.25) is 9.69 Å². The number of rotatable bonds is 8. The van der Waals surface area contributed by atoms with Gasteiger partial charge in [-0.2, -0.15) is 0 Å². The molecule has 0 spiro atoms. The first-order valence-corrected chi connectivity index (χ1v) is 10.2. The van der Waals surface area contributed by atoms with Crippen LogP contribution in [0.1, 0.15) is 10.4 Å². The fourth-order valence-corrected chi connectivity index (χ4v) is 3.61. The lowest BCUT2D eigenvalue weighted by Crippen LogP contribution is -2.34. The van der Waals surface area contributed by atoms with Crippen LogP contribution in [0.5, 0.6) is 0 Å². The zero-order chi connectivity index (χ0) is 21.5. The average Bonchev–Trinajstić information content (AvgIpc) is 3.26. The minimum Gasteiger partial charge on any atom is -0.452 e. The predicted octanol–water partition coefficient (Wildman–Crippen LogP) is 4.25. The van der Waals surface area contributed by atoms with Crippen LogP contribution in [0.15, 0.2) is 72.6 Å². The van der Waals surface area contributed by atoms with Crippen molar-refractivity contribution in [3.8, 4) is 11.3 Å². The first-order chi connectivity index (χ1) is 14.5. The number of nitrogens with zero attached hydrogens (tertiary/aromatic N) is 3. The van der Waals surface area contributed by atoms with Gasteiger partial charge in [-0.25, -0.2) is 9.78 Å². The Hall–Kier alpha value is -3.45. The summed E-state index contributed by atoms with van der Waals surface area (Å²) in [5.41, 5.74) is 3.03. The van der Waals surface area contributed by atoms with Crippen LogP contribution in [0.4, 0.5) is 10.8 Å². The molecule has 0 N–H and O–H groups in total. The molecule has 0 aliphatic heterocycles. The second kappa shape index (κ2) is 9.84. The summed E-state index contributed by atoms with van der Waals surface area (Å²) >= 11 is 1.36. The van der Waals surface area contributed by atoms with Gasteiger partial charge in [0.2, 0.25) is 0 Å². The third-order valence-corrected chi connectivity index (χ3v) is 5.19. The SMILES string of the molecule is C=CCN(C(=O)COC(=O)c1cccc(N(C)C)c1)c1nc(-c2ccccc2)cs1. The quantitative estimate of drug-likeness (QED) is 0.402. The minimum absolute atomic E-state index is 0.272. The van der Waals surface area contributed by atoms with Crippen molar-refractivity contribution < 1.29 is 14.3 Å². The van der Waals surface area contributed by atoms with Gasteiger partial charge in [-0.05, 0) is 18.2 Å². The number of ether oxygens (including phenoxy) is 1. The monoisotopic (exact) mass is 421 g/mol. The van der Waals surface area contributed by atoms with Crippen molar-refractivity contribution in [2.75, 3.05) is 37.0 Å². The summed E-state index contributed by atoms with van der Waals surface area (Å²) in [6.45, 7) is 3.61. The number of aromatic nitrogens is 1. The highest BCUT2D eigenvalue weighted by Crippen LogP contribution is 2.27. The molecule has 0 fully saturated rings. The highest BCUT2D eigenvalue weighted by Gasteiger charge is 2.20. The second-order valence-electron chi connectivity index (χ2n) is 6.70. The van der Waals surface area contributed by atoms with Gasteiger partial charge in [0.1, 0.15) is 0 Å². The van der Waals surface area contributed by atoms with E-state index in [2.05, 4.69) is 11.6 Å². The zero-order valence-electron chi connectivity index (χ0n) is 16.9. The Balaban J connectivity index is 1.69. The van der Waals surface area contributed by atoms with E-state index in [9.17, 15) is 9.59 Å². The summed E-state index contributed by atoms with van der Waals surface area (Å²) in [6, 6.07) is 16.8. The molecule has 7 heteroatoms. The maximum absolute atomic E-state index is 12.7. The van der Waals surface area contributed by atoms with Gasteiger partial charge in [0, 0.05) is 37.3 Å². The van der Waals surface area contributed by atoms with Gasteiger partial charge >= 0.3 is 5.97 Å². The maximum atomic E-state index is 12.7. The number of esters is 1. The van der Waals surface area contributed by atoms with Crippen molar-refractivity contribution in [3.05, 3.63) is 78.2 Å². The molecule has 2 aromatic carbocycles. The molecule has 3 rings (SSSR count). The molecule has 0 atom stereocenters. The molecule has 154 valence electrons. The highest BCUT2D eigenvalue weighted by molar-refractivity contribution is 7.14. The van der Waals surface area contributed by atoms with Crippen molar-refractivity contribution >= 4 is 34.0 Å². The summed E-state index contributed by atoms with van der Waals surface area (Å²) in [5, 5.41) is 2.43. The fraction of sp³-hybridized carbons (Fsp3) is 0.174. The Morgan fingerprint density at radius 2 is 1.90 bits per heavy atom. The molecule has 0 aliphatic rings. The van der Waals surface area contributed by atoms with Crippen LogP contribution >= 0.6 is 11.3 Å². The van der Waals surface area contributed by atoms with Gasteiger partial charge < -0.3 is 9.64 Å². The molecule has 3 aromatic rings. The third-order valence-electron chi connectivity index (χ3n) is 4.33. The van der Waals surface area contributed by atoms with E-state index in [1.807, 2.05) is 60.8 Å². The van der Waals surface area contributed by atoms with E-state index in [1.54, 1.807) is 24.3 Å². The van der Waals surface area contributed by atoms with E-state index in [4.69, 9.17) is 4.74 Å². The number of hydrogen-bond donors (Lipinski definition) is 0. The molecule has 1 aromatic heterocycles. The fourth-order valence-electron chi connectivity index (χ4n) is 2.75. The number of anilines is 2. The molecule has 1 amide bonds. The molecule has 0 saturated heterocycles.